The second-order valence-corrected chi connectivity index (χ2v) is 13.2. The third kappa shape index (κ3) is 6.37. The summed E-state index contributed by atoms with van der Waals surface area (Å²) in [7, 11) is -3.76. The van der Waals surface area contributed by atoms with Crippen LogP contribution < -0.4 is 9.62 Å². The van der Waals surface area contributed by atoms with Gasteiger partial charge in [0.2, 0.25) is 10.0 Å². The van der Waals surface area contributed by atoms with Gasteiger partial charge in [0.1, 0.15) is 5.75 Å². The van der Waals surface area contributed by atoms with Crippen molar-refractivity contribution in [3.8, 4) is 16.9 Å². The van der Waals surface area contributed by atoms with Gasteiger partial charge in [-0.05, 0) is 85.8 Å². The smallest absolute Gasteiger partial charge is 0.264 e. The Morgan fingerprint density at radius 1 is 0.895 bits per heavy atom. The Morgan fingerprint density at radius 2 is 1.55 bits per heavy atom. The summed E-state index contributed by atoms with van der Waals surface area (Å²) in [6.45, 7) is 11.3. The number of phenols is 1. The molecule has 0 bridgehead atoms. The van der Waals surface area contributed by atoms with E-state index in [2.05, 4.69) is 39.6 Å². The van der Waals surface area contributed by atoms with Crippen molar-refractivity contribution in [3.63, 3.8) is 0 Å². The summed E-state index contributed by atoms with van der Waals surface area (Å²) < 4.78 is 25.7. The Bertz CT molecular complexity index is 1390. The Balaban J connectivity index is 1.35. The van der Waals surface area contributed by atoms with E-state index in [1.165, 1.54) is 11.1 Å². The van der Waals surface area contributed by atoms with Gasteiger partial charge >= 0.3 is 0 Å². The number of carbonyl (C=O) groups excluding carboxylic acids is 1. The van der Waals surface area contributed by atoms with Crippen LogP contribution in [0, 0.1) is 0 Å². The molecule has 3 aromatic rings. The van der Waals surface area contributed by atoms with Gasteiger partial charge < -0.3 is 10.0 Å². The molecule has 1 saturated heterocycles. The van der Waals surface area contributed by atoms with Gasteiger partial charge in [0, 0.05) is 44.0 Å². The number of aryl methyl sites for hydroxylation is 1. The molecule has 0 radical (unpaired) electrons. The second-order valence-electron chi connectivity index (χ2n) is 10.7. The number of piperazine rings is 1. The predicted octanol–water partition coefficient (Wildman–Crippen LogP) is 4.80. The summed E-state index contributed by atoms with van der Waals surface area (Å²) in [4.78, 5) is 17.2. The molecule has 0 unspecified atom stereocenters. The third-order valence-electron chi connectivity index (χ3n) is 7.06. The van der Waals surface area contributed by atoms with Crippen molar-refractivity contribution in [1.29, 1.82) is 0 Å². The molecule has 1 aliphatic rings. The van der Waals surface area contributed by atoms with Crippen LogP contribution in [0.15, 0.2) is 66.7 Å². The molecule has 38 heavy (non-hydrogen) atoms. The topological polar surface area (TPSA) is 89.9 Å². The first kappa shape index (κ1) is 27.7. The fraction of sp³-hybridized carbons (Fsp3) is 0.367. The monoisotopic (exact) mass is 535 g/mol. The number of aromatic hydroxyl groups is 1. The molecule has 3 aromatic carbocycles. The first-order chi connectivity index (χ1) is 18.0. The maximum atomic E-state index is 12.5. The van der Waals surface area contributed by atoms with E-state index >= 15 is 0 Å². The molecule has 0 aromatic heterocycles. The van der Waals surface area contributed by atoms with E-state index in [4.69, 9.17) is 0 Å². The first-order valence-electron chi connectivity index (χ1n) is 13.0. The molecule has 202 valence electrons. The van der Waals surface area contributed by atoms with Crippen molar-refractivity contribution in [3.05, 3.63) is 83.4 Å². The minimum atomic E-state index is -3.76. The lowest BCUT2D eigenvalue weighted by Crippen LogP contribution is -2.46. The molecule has 7 nitrogen and oxygen atoms in total. The van der Waals surface area contributed by atoms with Gasteiger partial charge in [-0.2, -0.15) is 0 Å². The summed E-state index contributed by atoms with van der Waals surface area (Å²) in [5.74, 6) is -0.341. The van der Waals surface area contributed by atoms with E-state index < -0.39 is 20.7 Å². The largest absolute Gasteiger partial charge is 0.508 e. The summed E-state index contributed by atoms with van der Waals surface area (Å²) >= 11 is 0. The zero-order valence-corrected chi connectivity index (χ0v) is 23.4. The second kappa shape index (κ2) is 11.2. The van der Waals surface area contributed by atoms with Crippen molar-refractivity contribution in [2.24, 2.45) is 0 Å². The van der Waals surface area contributed by atoms with E-state index in [0.717, 1.165) is 56.0 Å². The molecule has 8 heteroatoms. The molecular formula is C30H37N3O4S. The average Bonchev–Trinajstić information content (AvgIpc) is 2.88. The van der Waals surface area contributed by atoms with E-state index in [9.17, 15) is 18.3 Å². The summed E-state index contributed by atoms with van der Waals surface area (Å²) in [6, 6.07) is 21.0. The van der Waals surface area contributed by atoms with Gasteiger partial charge in [-0.25, -0.2) is 13.1 Å². The maximum absolute atomic E-state index is 12.5. The molecule has 0 atom stereocenters. The van der Waals surface area contributed by atoms with Crippen LogP contribution in [0.2, 0.25) is 0 Å². The lowest BCUT2D eigenvalue weighted by atomic mass is 9.97. The Labute approximate surface area is 226 Å². The Hall–Kier alpha value is -3.36. The lowest BCUT2D eigenvalue weighted by molar-refractivity contribution is 0.0980. The number of rotatable bonds is 7. The number of sulfonamides is 1. The van der Waals surface area contributed by atoms with Crippen LogP contribution in [0.3, 0.4) is 0 Å². The number of nitrogens with zero attached hydrogens (tertiary/aromatic N) is 2. The van der Waals surface area contributed by atoms with Gasteiger partial charge in [0.15, 0.2) is 0 Å². The van der Waals surface area contributed by atoms with Crippen molar-refractivity contribution < 1.29 is 18.3 Å². The summed E-state index contributed by atoms with van der Waals surface area (Å²) in [5.41, 5.74) is 6.10. The van der Waals surface area contributed by atoms with Crippen LogP contribution in [-0.4, -0.2) is 55.3 Å². The van der Waals surface area contributed by atoms with Gasteiger partial charge in [-0.15, -0.1) is 0 Å². The van der Waals surface area contributed by atoms with Crippen LogP contribution in [0.4, 0.5) is 5.69 Å². The standard InChI is InChI=1S/C30H37N3O4S/c1-5-22-19-25(24-7-6-8-28(34)20-24)9-10-26(22)21-32-15-17-33(18-16-32)27-13-11-23(12-14-27)29(35)31-38(36,37)30(2,3)4/h6-14,19-20,34H,5,15-18,21H2,1-4H3,(H,31,35). The fourth-order valence-electron chi connectivity index (χ4n) is 4.54. The number of benzene rings is 3. The lowest BCUT2D eigenvalue weighted by Gasteiger charge is -2.36. The van der Waals surface area contributed by atoms with Crippen LogP contribution >= 0.6 is 0 Å². The van der Waals surface area contributed by atoms with E-state index in [0.29, 0.717) is 5.56 Å². The molecule has 1 amide bonds. The molecule has 1 heterocycles. The zero-order chi connectivity index (χ0) is 27.5. The first-order valence-corrected chi connectivity index (χ1v) is 14.5. The quantitative estimate of drug-likeness (QED) is 0.452. The Morgan fingerprint density at radius 3 is 2.16 bits per heavy atom. The molecule has 1 aliphatic heterocycles. The summed E-state index contributed by atoms with van der Waals surface area (Å²) in [6.07, 6.45) is 0.943. The molecule has 2 N–H and O–H groups in total. The van der Waals surface area contributed by atoms with Crippen LogP contribution in [0.1, 0.15) is 49.2 Å². The predicted molar refractivity (Wildman–Crippen MR) is 153 cm³/mol. The highest BCUT2D eigenvalue weighted by Crippen LogP contribution is 2.27. The van der Waals surface area contributed by atoms with E-state index in [-0.39, 0.29) is 5.75 Å². The highest BCUT2D eigenvalue weighted by Gasteiger charge is 2.31. The number of anilines is 1. The van der Waals surface area contributed by atoms with Crippen molar-refractivity contribution >= 4 is 21.6 Å². The van der Waals surface area contributed by atoms with Crippen LogP contribution in [0.25, 0.3) is 11.1 Å². The Kier molecular flexibility index (Phi) is 8.13. The SMILES string of the molecule is CCc1cc(-c2cccc(O)c2)ccc1CN1CCN(c2ccc(C(=O)NS(=O)(=O)C(C)(C)C)cc2)CC1. The van der Waals surface area contributed by atoms with Gasteiger partial charge in [0.25, 0.3) is 5.91 Å². The fourth-order valence-corrected chi connectivity index (χ4v) is 5.21. The molecule has 0 aliphatic carbocycles. The minimum absolute atomic E-state index is 0.272. The highest BCUT2D eigenvalue weighted by molar-refractivity contribution is 7.91. The van der Waals surface area contributed by atoms with Crippen LogP contribution in [-0.2, 0) is 23.0 Å². The van der Waals surface area contributed by atoms with Gasteiger partial charge in [-0.1, -0.05) is 37.3 Å². The van der Waals surface area contributed by atoms with E-state index in [1.807, 2.05) is 24.3 Å². The molecule has 1 fully saturated rings. The van der Waals surface area contributed by atoms with Crippen molar-refractivity contribution in [2.75, 3.05) is 31.1 Å². The maximum Gasteiger partial charge on any atom is 0.264 e. The molecular weight excluding hydrogens is 498 g/mol. The number of hydrogen-bond donors (Lipinski definition) is 2. The highest BCUT2D eigenvalue weighted by atomic mass is 32.2. The minimum Gasteiger partial charge on any atom is -0.508 e. The molecule has 0 saturated carbocycles. The van der Waals surface area contributed by atoms with Crippen molar-refractivity contribution in [1.82, 2.24) is 9.62 Å². The zero-order valence-electron chi connectivity index (χ0n) is 22.6. The molecule has 4 rings (SSSR count). The summed E-state index contributed by atoms with van der Waals surface area (Å²) in [5, 5.41) is 9.83. The number of nitrogens with one attached hydrogen (secondary N) is 1. The molecule has 0 spiro atoms. The number of hydrogen-bond acceptors (Lipinski definition) is 6. The van der Waals surface area contributed by atoms with Gasteiger partial charge in [-0.3, -0.25) is 9.69 Å². The third-order valence-corrected chi connectivity index (χ3v) is 9.13. The number of carbonyl (C=O) groups is 1. The van der Waals surface area contributed by atoms with Crippen molar-refractivity contribution in [2.45, 2.75) is 45.4 Å². The van der Waals surface area contributed by atoms with Gasteiger partial charge in [0.05, 0.1) is 4.75 Å². The van der Waals surface area contributed by atoms with E-state index in [1.54, 1.807) is 45.0 Å². The number of phenolic OH excluding ortho intramolecular Hbond substituents is 1. The average molecular weight is 536 g/mol. The number of amides is 1. The normalized spacial score (nSPS) is 14.9. The van der Waals surface area contributed by atoms with Crippen LogP contribution in [0.5, 0.6) is 5.75 Å².